The average molecular weight is 131 g/mol. The second kappa shape index (κ2) is 2.88. The van der Waals surface area contributed by atoms with Crippen molar-refractivity contribution in [2.75, 3.05) is 12.4 Å². The summed E-state index contributed by atoms with van der Waals surface area (Å²) in [5.41, 5.74) is 1.38. The first-order valence-corrected chi connectivity index (χ1v) is 2.97. The third-order valence-corrected chi connectivity index (χ3v) is 1.24. The summed E-state index contributed by atoms with van der Waals surface area (Å²) in [6.07, 6.45) is 0. The van der Waals surface area contributed by atoms with Crippen molar-refractivity contribution in [2.24, 2.45) is 0 Å². The fraction of sp³-hybridized carbons (Fsp3) is 0.125. The van der Waals surface area contributed by atoms with Crippen LogP contribution in [0.4, 0.5) is 5.69 Å². The third kappa shape index (κ3) is 1.08. The van der Waals surface area contributed by atoms with Gasteiger partial charge in [0.25, 0.3) is 0 Å². The standard InChI is InChI=1S/C8H7N2/c1-10-8-5-3-2-4-7(8)6-9/h2-3,5,10H,1H3. The van der Waals surface area contributed by atoms with E-state index in [-0.39, 0.29) is 0 Å². The average Bonchev–Trinajstić information content (AvgIpc) is 2.04. The highest BCUT2D eigenvalue weighted by atomic mass is 14.8. The Morgan fingerprint density at radius 3 is 3.00 bits per heavy atom. The first-order valence-electron chi connectivity index (χ1n) is 2.97. The van der Waals surface area contributed by atoms with E-state index < -0.39 is 0 Å². The molecule has 0 fully saturated rings. The maximum atomic E-state index is 8.53. The van der Waals surface area contributed by atoms with Crippen LogP contribution in [0.1, 0.15) is 5.56 Å². The normalized spacial score (nSPS) is 8.40. The van der Waals surface area contributed by atoms with Gasteiger partial charge in [-0.05, 0) is 6.07 Å². The third-order valence-electron chi connectivity index (χ3n) is 1.24. The van der Waals surface area contributed by atoms with Gasteiger partial charge < -0.3 is 5.32 Å². The van der Waals surface area contributed by atoms with Crippen molar-refractivity contribution in [3.05, 3.63) is 29.8 Å². The van der Waals surface area contributed by atoms with Crippen LogP contribution in [0.25, 0.3) is 0 Å². The largest absolute Gasteiger partial charge is 0.387 e. The van der Waals surface area contributed by atoms with Gasteiger partial charge in [0.1, 0.15) is 6.07 Å². The molecule has 0 atom stereocenters. The molecule has 1 aromatic rings. The lowest BCUT2D eigenvalue weighted by Crippen LogP contribution is -1.90. The van der Waals surface area contributed by atoms with E-state index in [0.29, 0.717) is 5.56 Å². The molecule has 49 valence electrons. The van der Waals surface area contributed by atoms with Crippen LogP contribution in [0.15, 0.2) is 18.2 Å². The second-order valence-electron chi connectivity index (χ2n) is 1.82. The molecule has 0 aliphatic rings. The van der Waals surface area contributed by atoms with Gasteiger partial charge in [0.15, 0.2) is 0 Å². The molecule has 2 heteroatoms. The van der Waals surface area contributed by atoms with Gasteiger partial charge in [-0.15, -0.1) is 0 Å². The molecule has 0 saturated heterocycles. The van der Waals surface area contributed by atoms with Crippen molar-refractivity contribution in [2.45, 2.75) is 0 Å². The summed E-state index contributed by atoms with van der Waals surface area (Å²) < 4.78 is 0. The summed E-state index contributed by atoms with van der Waals surface area (Å²) >= 11 is 0. The summed E-state index contributed by atoms with van der Waals surface area (Å²) in [6, 6.07) is 10.2. The molecule has 1 N–H and O–H groups in total. The van der Waals surface area contributed by atoms with Gasteiger partial charge in [-0.25, -0.2) is 0 Å². The zero-order chi connectivity index (χ0) is 7.40. The molecule has 0 amide bonds. The highest BCUT2D eigenvalue weighted by Gasteiger charge is 1.94. The van der Waals surface area contributed by atoms with Gasteiger partial charge >= 0.3 is 0 Å². The van der Waals surface area contributed by atoms with E-state index in [9.17, 15) is 0 Å². The van der Waals surface area contributed by atoms with E-state index in [4.69, 9.17) is 5.26 Å². The van der Waals surface area contributed by atoms with Crippen LogP contribution in [0.2, 0.25) is 0 Å². The van der Waals surface area contributed by atoms with Crippen LogP contribution >= 0.6 is 0 Å². The van der Waals surface area contributed by atoms with Crippen LogP contribution in [0.5, 0.6) is 0 Å². The molecule has 2 nitrogen and oxygen atoms in total. The predicted molar refractivity (Wildman–Crippen MR) is 39.5 cm³/mol. The maximum absolute atomic E-state index is 8.53. The Kier molecular flexibility index (Phi) is 1.91. The minimum absolute atomic E-state index is 0.560. The number of rotatable bonds is 1. The summed E-state index contributed by atoms with van der Waals surface area (Å²) in [4.78, 5) is 0. The van der Waals surface area contributed by atoms with E-state index in [1.54, 1.807) is 13.1 Å². The molecular formula is C8H7N2. The van der Waals surface area contributed by atoms with Crippen LogP contribution in [-0.2, 0) is 0 Å². The molecule has 0 aliphatic heterocycles. The smallest absolute Gasteiger partial charge is 0.102 e. The van der Waals surface area contributed by atoms with Crippen LogP contribution < -0.4 is 5.32 Å². The Morgan fingerprint density at radius 2 is 2.50 bits per heavy atom. The first kappa shape index (κ1) is 6.63. The van der Waals surface area contributed by atoms with Crippen LogP contribution in [-0.4, -0.2) is 7.05 Å². The Bertz CT molecular complexity index is 260. The fourth-order valence-electron chi connectivity index (χ4n) is 0.738. The Hall–Kier alpha value is -1.49. The molecule has 0 heterocycles. The highest BCUT2D eigenvalue weighted by Crippen LogP contribution is 2.10. The van der Waals surface area contributed by atoms with Gasteiger partial charge in [-0.1, -0.05) is 12.1 Å². The number of nitriles is 1. The zero-order valence-electron chi connectivity index (χ0n) is 5.68. The quantitative estimate of drug-likeness (QED) is 0.625. The monoisotopic (exact) mass is 131 g/mol. The van der Waals surface area contributed by atoms with Crippen LogP contribution in [0, 0.1) is 17.4 Å². The molecular weight excluding hydrogens is 124 g/mol. The Morgan fingerprint density at radius 1 is 1.70 bits per heavy atom. The molecule has 0 spiro atoms. The van der Waals surface area contributed by atoms with Crippen molar-refractivity contribution >= 4 is 5.69 Å². The fourth-order valence-corrected chi connectivity index (χ4v) is 0.738. The molecule has 0 aromatic heterocycles. The first-order chi connectivity index (χ1) is 4.88. The van der Waals surface area contributed by atoms with Gasteiger partial charge in [0.2, 0.25) is 0 Å². The molecule has 1 radical (unpaired) electrons. The van der Waals surface area contributed by atoms with Gasteiger partial charge in [0, 0.05) is 13.1 Å². The van der Waals surface area contributed by atoms with Gasteiger partial charge in [-0.2, -0.15) is 5.26 Å². The van der Waals surface area contributed by atoms with Gasteiger partial charge in [-0.3, -0.25) is 0 Å². The number of hydrogen-bond acceptors (Lipinski definition) is 2. The number of nitrogens with zero attached hydrogens (tertiary/aromatic N) is 1. The van der Waals surface area contributed by atoms with Crippen molar-refractivity contribution < 1.29 is 0 Å². The SMILES string of the molecule is CNc1ccc[c]c1C#N. The van der Waals surface area contributed by atoms with Gasteiger partial charge in [0.05, 0.1) is 11.3 Å². The predicted octanol–water partition coefficient (Wildman–Crippen LogP) is 1.40. The van der Waals surface area contributed by atoms with E-state index >= 15 is 0 Å². The van der Waals surface area contributed by atoms with Crippen LogP contribution in [0.3, 0.4) is 0 Å². The highest BCUT2D eigenvalue weighted by molar-refractivity contribution is 5.55. The number of anilines is 1. The van der Waals surface area contributed by atoms with E-state index in [2.05, 4.69) is 11.4 Å². The minimum atomic E-state index is 0.560. The molecule has 0 unspecified atom stereocenters. The lowest BCUT2D eigenvalue weighted by atomic mass is 10.2. The van der Waals surface area contributed by atoms with Crippen molar-refractivity contribution in [1.29, 1.82) is 5.26 Å². The van der Waals surface area contributed by atoms with Crippen molar-refractivity contribution in [3.63, 3.8) is 0 Å². The van der Waals surface area contributed by atoms with E-state index in [1.807, 2.05) is 18.2 Å². The summed E-state index contributed by atoms with van der Waals surface area (Å²) in [5.74, 6) is 0. The zero-order valence-corrected chi connectivity index (χ0v) is 5.68. The molecule has 0 bridgehead atoms. The molecule has 0 aliphatic carbocycles. The van der Waals surface area contributed by atoms with E-state index in [1.165, 1.54) is 0 Å². The number of benzene rings is 1. The Balaban J connectivity index is 3.12. The molecule has 0 saturated carbocycles. The molecule has 1 aromatic carbocycles. The van der Waals surface area contributed by atoms with Crippen molar-refractivity contribution in [1.82, 2.24) is 0 Å². The number of hydrogen-bond donors (Lipinski definition) is 1. The summed E-state index contributed by atoms with van der Waals surface area (Å²) in [6.45, 7) is 0. The lowest BCUT2D eigenvalue weighted by Gasteiger charge is -1.98. The molecule has 10 heavy (non-hydrogen) atoms. The topological polar surface area (TPSA) is 35.8 Å². The second-order valence-corrected chi connectivity index (χ2v) is 1.82. The molecule has 1 rings (SSSR count). The number of nitrogens with one attached hydrogen (secondary N) is 1. The van der Waals surface area contributed by atoms with E-state index in [0.717, 1.165) is 5.69 Å². The summed E-state index contributed by atoms with van der Waals surface area (Å²) in [7, 11) is 1.78. The Labute approximate surface area is 60.1 Å². The minimum Gasteiger partial charge on any atom is -0.387 e. The van der Waals surface area contributed by atoms with Crippen molar-refractivity contribution in [3.8, 4) is 6.07 Å². The summed E-state index contributed by atoms with van der Waals surface area (Å²) in [5, 5.41) is 11.4. The maximum Gasteiger partial charge on any atom is 0.102 e. The lowest BCUT2D eigenvalue weighted by molar-refractivity contribution is 1.44.